The van der Waals surface area contributed by atoms with E-state index in [0.29, 0.717) is 17.1 Å². The summed E-state index contributed by atoms with van der Waals surface area (Å²) >= 11 is 0. The number of para-hydroxylation sites is 2. The Morgan fingerprint density at radius 2 is 1.68 bits per heavy atom. The molecule has 0 aliphatic carbocycles. The third kappa shape index (κ3) is 3.96. The number of ether oxygens (including phenoxy) is 1. The Kier molecular flexibility index (Phi) is 4.64. The van der Waals surface area contributed by atoms with Gasteiger partial charge in [0.25, 0.3) is 10.1 Å². The highest BCUT2D eigenvalue weighted by atomic mass is 32.2. The Bertz CT molecular complexity index is 772. The van der Waals surface area contributed by atoms with Crippen LogP contribution in [0.4, 0.5) is 16.2 Å². The quantitative estimate of drug-likeness (QED) is 0.750. The van der Waals surface area contributed by atoms with Gasteiger partial charge in [0.2, 0.25) is 0 Å². The second-order valence-electron chi connectivity index (χ2n) is 4.28. The Hall–Kier alpha value is -2.58. The van der Waals surface area contributed by atoms with Gasteiger partial charge in [-0.3, -0.25) is 4.55 Å². The summed E-state index contributed by atoms with van der Waals surface area (Å²) in [5, 5.41) is 5.15. The molecule has 0 aliphatic rings. The highest BCUT2D eigenvalue weighted by molar-refractivity contribution is 7.85. The van der Waals surface area contributed by atoms with E-state index in [1.807, 2.05) is 0 Å². The molecular formula is C14H14N2O5S. The SMILES string of the molecule is COc1ccccc1NC(=O)Nc1ccc(S(=O)(=O)O)cc1. The first-order valence-corrected chi connectivity index (χ1v) is 7.63. The van der Waals surface area contributed by atoms with Crippen LogP contribution in [-0.4, -0.2) is 26.1 Å². The molecule has 2 aromatic carbocycles. The third-order valence-electron chi connectivity index (χ3n) is 2.77. The molecule has 0 radical (unpaired) electrons. The van der Waals surface area contributed by atoms with Crippen LogP contribution in [0.1, 0.15) is 0 Å². The lowest BCUT2D eigenvalue weighted by Crippen LogP contribution is -2.19. The highest BCUT2D eigenvalue weighted by Gasteiger charge is 2.10. The number of hydrogen-bond donors (Lipinski definition) is 3. The van der Waals surface area contributed by atoms with E-state index in [-0.39, 0.29) is 4.90 Å². The van der Waals surface area contributed by atoms with Crippen molar-refractivity contribution in [2.75, 3.05) is 17.7 Å². The first kappa shape index (κ1) is 15.8. The smallest absolute Gasteiger partial charge is 0.323 e. The minimum atomic E-state index is -4.25. The van der Waals surface area contributed by atoms with Gasteiger partial charge < -0.3 is 15.4 Å². The molecule has 7 nitrogen and oxygen atoms in total. The zero-order valence-electron chi connectivity index (χ0n) is 11.6. The molecule has 3 N–H and O–H groups in total. The van der Waals surface area contributed by atoms with Gasteiger partial charge in [-0.15, -0.1) is 0 Å². The molecule has 0 bridgehead atoms. The standard InChI is InChI=1S/C14H14N2O5S/c1-21-13-5-3-2-4-12(13)16-14(17)15-10-6-8-11(9-7-10)22(18,19)20/h2-9H,1H3,(H2,15,16,17)(H,18,19,20). The lowest BCUT2D eigenvalue weighted by molar-refractivity contribution is 0.262. The van der Waals surface area contributed by atoms with Gasteiger partial charge in [-0.1, -0.05) is 12.1 Å². The number of carbonyl (C=O) groups excluding carboxylic acids is 1. The predicted octanol–water partition coefficient (Wildman–Crippen LogP) is 2.59. The fourth-order valence-corrected chi connectivity index (χ4v) is 2.22. The van der Waals surface area contributed by atoms with Crippen molar-refractivity contribution in [3.05, 3.63) is 48.5 Å². The summed E-state index contributed by atoms with van der Waals surface area (Å²) < 4.78 is 35.8. The molecular weight excluding hydrogens is 308 g/mol. The minimum Gasteiger partial charge on any atom is -0.495 e. The van der Waals surface area contributed by atoms with Crippen LogP contribution in [-0.2, 0) is 10.1 Å². The first-order valence-electron chi connectivity index (χ1n) is 6.19. The predicted molar refractivity (Wildman–Crippen MR) is 81.9 cm³/mol. The molecule has 0 aromatic heterocycles. The normalized spacial score (nSPS) is 10.8. The first-order chi connectivity index (χ1) is 10.4. The van der Waals surface area contributed by atoms with Gasteiger partial charge in [0, 0.05) is 5.69 Å². The van der Waals surface area contributed by atoms with Crippen molar-refractivity contribution in [1.29, 1.82) is 0 Å². The summed E-state index contributed by atoms with van der Waals surface area (Å²) in [6.07, 6.45) is 0. The van der Waals surface area contributed by atoms with Gasteiger partial charge in [0.05, 0.1) is 17.7 Å². The van der Waals surface area contributed by atoms with E-state index in [4.69, 9.17) is 9.29 Å². The molecule has 0 fully saturated rings. The van der Waals surface area contributed by atoms with Crippen LogP contribution in [0, 0.1) is 0 Å². The Labute approximate surface area is 127 Å². The molecule has 0 spiro atoms. The van der Waals surface area contributed by atoms with Crippen LogP contribution in [0.3, 0.4) is 0 Å². The lowest BCUT2D eigenvalue weighted by Gasteiger charge is -2.11. The largest absolute Gasteiger partial charge is 0.495 e. The Morgan fingerprint density at radius 3 is 2.27 bits per heavy atom. The second-order valence-corrected chi connectivity index (χ2v) is 5.70. The van der Waals surface area contributed by atoms with E-state index in [1.54, 1.807) is 24.3 Å². The number of anilines is 2. The van der Waals surface area contributed by atoms with E-state index in [2.05, 4.69) is 10.6 Å². The minimum absolute atomic E-state index is 0.247. The molecule has 2 rings (SSSR count). The summed E-state index contributed by atoms with van der Waals surface area (Å²) in [7, 11) is -2.76. The number of urea groups is 1. The molecule has 0 saturated carbocycles. The van der Waals surface area contributed by atoms with Crippen LogP contribution >= 0.6 is 0 Å². The summed E-state index contributed by atoms with van der Waals surface area (Å²) in [5.74, 6) is 0.513. The average molecular weight is 322 g/mol. The monoisotopic (exact) mass is 322 g/mol. The molecule has 2 aromatic rings. The maximum absolute atomic E-state index is 11.9. The average Bonchev–Trinajstić information content (AvgIpc) is 2.47. The summed E-state index contributed by atoms with van der Waals surface area (Å²) in [4.78, 5) is 11.6. The van der Waals surface area contributed by atoms with Gasteiger partial charge in [-0.05, 0) is 36.4 Å². The maximum atomic E-state index is 11.9. The fourth-order valence-electron chi connectivity index (χ4n) is 1.74. The van der Waals surface area contributed by atoms with Crippen LogP contribution < -0.4 is 15.4 Å². The van der Waals surface area contributed by atoms with Crippen molar-refractivity contribution in [3.8, 4) is 5.75 Å². The van der Waals surface area contributed by atoms with Crippen LogP contribution in [0.5, 0.6) is 5.75 Å². The maximum Gasteiger partial charge on any atom is 0.323 e. The van der Waals surface area contributed by atoms with Crippen molar-refractivity contribution < 1.29 is 22.5 Å². The zero-order valence-corrected chi connectivity index (χ0v) is 12.4. The molecule has 0 saturated heterocycles. The van der Waals surface area contributed by atoms with Gasteiger partial charge in [-0.25, -0.2) is 4.79 Å². The van der Waals surface area contributed by atoms with E-state index in [1.165, 1.54) is 31.4 Å². The lowest BCUT2D eigenvalue weighted by atomic mass is 10.3. The van der Waals surface area contributed by atoms with E-state index in [0.717, 1.165) is 0 Å². The number of hydrogen-bond acceptors (Lipinski definition) is 4. The summed E-state index contributed by atoms with van der Waals surface area (Å²) in [6, 6.07) is 11.5. The molecule has 8 heteroatoms. The molecule has 22 heavy (non-hydrogen) atoms. The van der Waals surface area contributed by atoms with Crippen molar-refractivity contribution in [2.24, 2.45) is 0 Å². The van der Waals surface area contributed by atoms with Crippen molar-refractivity contribution >= 4 is 27.5 Å². The number of carbonyl (C=O) groups is 1. The fraction of sp³-hybridized carbons (Fsp3) is 0.0714. The van der Waals surface area contributed by atoms with Crippen molar-refractivity contribution in [3.63, 3.8) is 0 Å². The van der Waals surface area contributed by atoms with Gasteiger partial charge >= 0.3 is 6.03 Å². The number of nitrogens with one attached hydrogen (secondary N) is 2. The molecule has 0 atom stereocenters. The molecule has 0 heterocycles. The van der Waals surface area contributed by atoms with E-state index >= 15 is 0 Å². The number of amides is 2. The molecule has 2 amide bonds. The Balaban J connectivity index is 2.06. The van der Waals surface area contributed by atoms with Crippen molar-refractivity contribution in [1.82, 2.24) is 0 Å². The molecule has 0 unspecified atom stereocenters. The van der Waals surface area contributed by atoms with Crippen LogP contribution in [0.15, 0.2) is 53.4 Å². The van der Waals surface area contributed by atoms with Crippen LogP contribution in [0.2, 0.25) is 0 Å². The molecule has 0 aliphatic heterocycles. The summed E-state index contributed by atoms with van der Waals surface area (Å²) in [5.41, 5.74) is 0.872. The van der Waals surface area contributed by atoms with E-state index in [9.17, 15) is 13.2 Å². The van der Waals surface area contributed by atoms with Crippen LogP contribution in [0.25, 0.3) is 0 Å². The number of methoxy groups -OCH3 is 1. The summed E-state index contributed by atoms with van der Waals surface area (Å²) in [6.45, 7) is 0. The number of benzene rings is 2. The zero-order chi connectivity index (χ0) is 16.2. The van der Waals surface area contributed by atoms with Gasteiger partial charge in [0.1, 0.15) is 5.75 Å². The van der Waals surface area contributed by atoms with E-state index < -0.39 is 16.1 Å². The second kappa shape index (κ2) is 6.46. The molecule has 116 valence electrons. The number of rotatable bonds is 4. The highest BCUT2D eigenvalue weighted by Crippen LogP contribution is 2.23. The Morgan fingerprint density at radius 1 is 1.05 bits per heavy atom. The van der Waals surface area contributed by atoms with Crippen molar-refractivity contribution in [2.45, 2.75) is 4.90 Å². The third-order valence-corrected chi connectivity index (χ3v) is 3.63. The van der Waals surface area contributed by atoms with Gasteiger partial charge in [0.15, 0.2) is 0 Å². The van der Waals surface area contributed by atoms with Gasteiger partial charge in [-0.2, -0.15) is 8.42 Å². The topological polar surface area (TPSA) is 105 Å².